The van der Waals surface area contributed by atoms with Crippen molar-refractivity contribution in [1.29, 1.82) is 0 Å². The van der Waals surface area contributed by atoms with Gasteiger partial charge in [-0.1, -0.05) is 36.2 Å². The average molecular weight is 286 g/mol. The van der Waals surface area contributed by atoms with E-state index in [2.05, 4.69) is 12.2 Å². The van der Waals surface area contributed by atoms with E-state index >= 15 is 0 Å². The second kappa shape index (κ2) is 5.94. The van der Waals surface area contributed by atoms with Crippen molar-refractivity contribution >= 4 is 29.1 Å². The Labute approximate surface area is 118 Å². The molecule has 0 spiro atoms. The van der Waals surface area contributed by atoms with Crippen LogP contribution >= 0.6 is 23.2 Å². The largest absolute Gasteiger partial charge is 0.353 e. The van der Waals surface area contributed by atoms with Crippen LogP contribution in [0.15, 0.2) is 18.2 Å². The van der Waals surface area contributed by atoms with Crippen molar-refractivity contribution in [1.82, 2.24) is 5.32 Å². The summed E-state index contributed by atoms with van der Waals surface area (Å²) in [5, 5.41) is 4.16. The third kappa shape index (κ3) is 3.39. The molecule has 2 nitrogen and oxygen atoms in total. The number of nitrogens with one attached hydrogen (secondary N) is 1. The highest BCUT2D eigenvalue weighted by molar-refractivity contribution is 6.36. The molecule has 0 heterocycles. The van der Waals surface area contributed by atoms with Crippen LogP contribution in [0.3, 0.4) is 0 Å². The van der Waals surface area contributed by atoms with Crippen LogP contribution in [0.5, 0.6) is 0 Å². The summed E-state index contributed by atoms with van der Waals surface area (Å²) in [6.45, 7) is 2.22. The van der Waals surface area contributed by atoms with Gasteiger partial charge >= 0.3 is 0 Å². The number of carbonyl (C=O) groups excluding carboxylic acids is 1. The smallest absolute Gasteiger partial charge is 0.224 e. The van der Waals surface area contributed by atoms with Gasteiger partial charge in [0.1, 0.15) is 0 Å². The molecule has 0 saturated heterocycles. The van der Waals surface area contributed by atoms with Crippen LogP contribution in [0.25, 0.3) is 0 Å². The van der Waals surface area contributed by atoms with E-state index in [4.69, 9.17) is 23.2 Å². The van der Waals surface area contributed by atoms with Gasteiger partial charge in [0, 0.05) is 16.1 Å². The summed E-state index contributed by atoms with van der Waals surface area (Å²) in [5.74, 6) is 0.711. The first-order valence-corrected chi connectivity index (χ1v) is 7.04. The van der Waals surface area contributed by atoms with Crippen LogP contribution in [0.4, 0.5) is 0 Å². The van der Waals surface area contributed by atoms with Gasteiger partial charge in [0.15, 0.2) is 0 Å². The van der Waals surface area contributed by atoms with Crippen LogP contribution in [-0.4, -0.2) is 11.9 Å². The molecule has 1 aromatic rings. The van der Waals surface area contributed by atoms with Gasteiger partial charge in [0.05, 0.1) is 6.42 Å². The number of amides is 1. The fourth-order valence-corrected chi connectivity index (χ4v) is 3.01. The lowest BCUT2D eigenvalue weighted by molar-refractivity contribution is -0.121. The van der Waals surface area contributed by atoms with Crippen LogP contribution in [0, 0.1) is 5.92 Å². The van der Waals surface area contributed by atoms with Gasteiger partial charge in [-0.25, -0.2) is 0 Å². The quantitative estimate of drug-likeness (QED) is 0.898. The number of benzene rings is 1. The zero-order chi connectivity index (χ0) is 13.1. The van der Waals surface area contributed by atoms with E-state index in [1.54, 1.807) is 18.2 Å². The topological polar surface area (TPSA) is 29.1 Å². The summed E-state index contributed by atoms with van der Waals surface area (Å²) in [4.78, 5) is 12.0. The Morgan fingerprint density at radius 1 is 1.33 bits per heavy atom. The van der Waals surface area contributed by atoms with Crippen molar-refractivity contribution in [2.24, 2.45) is 5.92 Å². The molecule has 1 N–H and O–H groups in total. The molecule has 1 fully saturated rings. The zero-order valence-corrected chi connectivity index (χ0v) is 11.9. The summed E-state index contributed by atoms with van der Waals surface area (Å²) < 4.78 is 0. The normalized spacial score (nSPS) is 23.1. The van der Waals surface area contributed by atoms with Gasteiger partial charge in [0.25, 0.3) is 0 Å². The van der Waals surface area contributed by atoms with Crippen molar-refractivity contribution in [2.45, 2.75) is 38.6 Å². The molecule has 4 heteroatoms. The zero-order valence-electron chi connectivity index (χ0n) is 10.4. The third-order valence-electron chi connectivity index (χ3n) is 3.46. The Bertz CT molecular complexity index is 427. The molecule has 1 aliphatic carbocycles. The van der Waals surface area contributed by atoms with Crippen LogP contribution in [0.1, 0.15) is 31.7 Å². The predicted molar refractivity (Wildman–Crippen MR) is 75.1 cm³/mol. The lowest BCUT2D eigenvalue weighted by Crippen LogP contribution is -2.34. The summed E-state index contributed by atoms with van der Waals surface area (Å²) in [5.41, 5.74) is 0.712. The molecule has 2 atom stereocenters. The molecule has 0 bridgehead atoms. The standard InChI is InChI=1S/C14H17Cl2NO/c1-9-5-6-10(7-9)17-14(18)8-11-12(15)3-2-4-13(11)16/h2-4,9-10H,5-8H2,1H3,(H,17,18). The number of rotatable bonds is 3. The average Bonchev–Trinajstić information content (AvgIpc) is 2.69. The molecule has 0 aliphatic heterocycles. The second-order valence-corrected chi connectivity index (χ2v) is 5.87. The lowest BCUT2D eigenvalue weighted by atomic mass is 10.1. The monoisotopic (exact) mass is 285 g/mol. The minimum Gasteiger partial charge on any atom is -0.353 e. The van der Waals surface area contributed by atoms with Crippen LogP contribution in [-0.2, 0) is 11.2 Å². The Morgan fingerprint density at radius 2 is 2.00 bits per heavy atom. The maximum Gasteiger partial charge on any atom is 0.224 e. The molecular formula is C14H17Cl2NO. The minimum atomic E-state index is 0.00380. The first kappa shape index (κ1) is 13.7. The van der Waals surface area contributed by atoms with Gasteiger partial charge in [-0.15, -0.1) is 0 Å². The van der Waals surface area contributed by atoms with E-state index in [1.807, 2.05) is 0 Å². The van der Waals surface area contributed by atoms with Crippen molar-refractivity contribution in [3.8, 4) is 0 Å². The molecule has 18 heavy (non-hydrogen) atoms. The van der Waals surface area contributed by atoms with E-state index in [1.165, 1.54) is 6.42 Å². The van der Waals surface area contributed by atoms with E-state index in [0.29, 0.717) is 27.6 Å². The number of halogens is 2. The fourth-order valence-electron chi connectivity index (χ4n) is 2.48. The molecule has 1 saturated carbocycles. The maximum atomic E-state index is 12.0. The summed E-state index contributed by atoms with van der Waals surface area (Å²) in [6, 6.07) is 5.61. The van der Waals surface area contributed by atoms with Gasteiger partial charge in [-0.3, -0.25) is 4.79 Å². The van der Waals surface area contributed by atoms with Gasteiger partial charge in [-0.05, 0) is 42.9 Å². The Balaban J connectivity index is 1.95. The van der Waals surface area contributed by atoms with Crippen molar-refractivity contribution < 1.29 is 4.79 Å². The van der Waals surface area contributed by atoms with E-state index in [9.17, 15) is 4.79 Å². The number of hydrogen-bond acceptors (Lipinski definition) is 1. The van der Waals surface area contributed by atoms with Gasteiger partial charge in [0.2, 0.25) is 5.91 Å². The highest BCUT2D eigenvalue weighted by Gasteiger charge is 2.23. The van der Waals surface area contributed by atoms with Crippen LogP contribution in [0.2, 0.25) is 10.0 Å². The molecular weight excluding hydrogens is 269 g/mol. The van der Waals surface area contributed by atoms with Crippen LogP contribution < -0.4 is 5.32 Å². The first-order valence-electron chi connectivity index (χ1n) is 6.28. The molecule has 1 amide bonds. The molecule has 1 aliphatic rings. The molecule has 98 valence electrons. The molecule has 0 aromatic heterocycles. The highest BCUT2D eigenvalue weighted by atomic mass is 35.5. The third-order valence-corrected chi connectivity index (χ3v) is 4.17. The maximum absolute atomic E-state index is 12.0. The first-order chi connectivity index (χ1) is 8.56. The number of hydrogen-bond donors (Lipinski definition) is 1. The van der Waals surface area contributed by atoms with E-state index in [0.717, 1.165) is 12.8 Å². The van der Waals surface area contributed by atoms with Gasteiger partial charge in [-0.2, -0.15) is 0 Å². The van der Waals surface area contributed by atoms with Crippen molar-refractivity contribution in [3.63, 3.8) is 0 Å². The van der Waals surface area contributed by atoms with E-state index in [-0.39, 0.29) is 12.3 Å². The van der Waals surface area contributed by atoms with Crippen molar-refractivity contribution in [3.05, 3.63) is 33.8 Å². The molecule has 1 aromatic carbocycles. The molecule has 2 unspecified atom stereocenters. The SMILES string of the molecule is CC1CCC(NC(=O)Cc2c(Cl)cccc2Cl)C1. The Hall–Kier alpha value is -0.730. The van der Waals surface area contributed by atoms with Crippen molar-refractivity contribution in [2.75, 3.05) is 0 Å². The fraction of sp³-hybridized carbons (Fsp3) is 0.500. The van der Waals surface area contributed by atoms with E-state index < -0.39 is 0 Å². The lowest BCUT2D eigenvalue weighted by Gasteiger charge is -2.13. The predicted octanol–water partition coefficient (Wildman–Crippen LogP) is 3.84. The molecule has 2 rings (SSSR count). The number of carbonyl (C=O) groups is 1. The minimum absolute atomic E-state index is 0.00380. The van der Waals surface area contributed by atoms with Gasteiger partial charge < -0.3 is 5.32 Å². The summed E-state index contributed by atoms with van der Waals surface area (Å²) in [6.07, 6.45) is 3.59. The summed E-state index contributed by atoms with van der Waals surface area (Å²) in [7, 11) is 0. The highest BCUT2D eigenvalue weighted by Crippen LogP contribution is 2.26. The summed E-state index contributed by atoms with van der Waals surface area (Å²) >= 11 is 12.1. The molecule has 0 radical (unpaired) electrons. The second-order valence-electron chi connectivity index (χ2n) is 5.06. The Kier molecular flexibility index (Phi) is 4.52. The Morgan fingerprint density at radius 3 is 2.56 bits per heavy atom.